The topological polar surface area (TPSA) is 106 Å². The summed E-state index contributed by atoms with van der Waals surface area (Å²) in [5.41, 5.74) is 3.24. The molecule has 0 spiro atoms. The molecule has 2 aliphatic rings. The lowest BCUT2D eigenvalue weighted by molar-refractivity contribution is -0.384. The molecule has 10 heteroatoms. The van der Waals surface area contributed by atoms with Crippen molar-refractivity contribution in [1.82, 2.24) is 14.4 Å². The summed E-state index contributed by atoms with van der Waals surface area (Å²) in [6.07, 6.45) is 4.64. The van der Waals surface area contributed by atoms with Crippen LogP contribution in [0.25, 0.3) is 11.8 Å². The average Bonchev–Trinajstić information content (AvgIpc) is 3.23. The van der Waals surface area contributed by atoms with Gasteiger partial charge in [0, 0.05) is 42.3 Å². The van der Waals surface area contributed by atoms with Gasteiger partial charge in [-0.05, 0) is 74.7 Å². The lowest BCUT2D eigenvalue weighted by Gasteiger charge is -2.27. The van der Waals surface area contributed by atoms with Crippen LogP contribution in [0.2, 0.25) is 0 Å². The second-order valence-corrected chi connectivity index (χ2v) is 9.14. The van der Waals surface area contributed by atoms with Crippen molar-refractivity contribution in [3.05, 3.63) is 62.3 Å². The van der Waals surface area contributed by atoms with Crippen LogP contribution in [0.15, 0.2) is 35.2 Å². The van der Waals surface area contributed by atoms with Gasteiger partial charge in [-0.3, -0.25) is 29.4 Å². The van der Waals surface area contributed by atoms with Gasteiger partial charge >= 0.3 is 0 Å². The number of rotatable bonds is 5. The van der Waals surface area contributed by atoms with E-state index in [0.29, 0.717) is 13.1 Å². The van der Waals surface area contributed by atoms with Crippen molar-refractivity contribution in [3.8, 4) is 5.69 Å². The van der Waals surface area contributed by atoms with Gasteiger partial charge in [-0.25, -0.2) is 0 Å². The van der Waals surface area contributed by atoms with Crippen LogP contribution in [0.3, 0.4) is 0 Å². The first-order valence-corrected chi connectivity index (χ1v) is 11.5. The van der Waals surface area contributed by atoms with Gasteiger partial charge in [-0.1, -0.05) is 0 Å². The van der Waals surface area contributed by atoms with E-state index in [1.165, 1.54) is 12.1 Å². The summed E-state index contributed by atoms with van der Waals surface area (Å²) in [5.74, 6) is -0.662. The molecule has 0 radical (unpaired) electrons. The Morgan fingerprint density at radius 3 is 2.42 bits per heavy atom. The van der Waals surface area contributed by atoms with Crippen LogP contribution < -0.4 is 0 Å². The van der Waals surface area contributed by atoms with E-state index in [2.05, 4.69) is 0 Å². The SMILES string of the molecule is Cc1cc(/C=C2\SC(=O)N(CC(=O)N3CCCCC3)C2=O)c(C)n1-c1ccc([N+](=O)[O-])cc1. The van der Waals surface area contributed by atoms with Crippen LogP contribution in [0.1, 0.15) is 36.2 Å². The number of nitro benzene ring substituents is 1. The molecule has 3 heterocycles. The number of non-ortho nitro benzene ring substituents is 1. The quantitative estimate of drug-likeness (QED) is 0.372. The van der Waals surface area contributed by atoms with E-state index in [-0.39, 0.29) is 23.0 Å². The maximum absolute atomic E-state index is 12.9. The number of hydrogen-bond donors (Lipinski definition) is 0. The molecule has 3 amide bonds. The Labute approximate surface area is 195 Å². The van der Waals surface area contributed by atoms with Crippen molar-refractivity contribution < 1.29 is 19.3 Å². The van der Waals surface area contributed by atoms with Crippen LogP contribution in [-0.2, 0) is 9.59 Å². The van der Waals surface area contributed by atoms with Crippen LogP contribution in [-0.4, -0.2) is 56.0 Å². The minimum Gasteiger partial charge on any atom is -0.341 e. The van der Waals surface area contributed by atoms with Gasteiger partial charge in [0.1, 0.15) is 6.54 Å². The molecule has 0 atom stereocenters. The minimum atomic E-state index is -0.463. The highest BCUT2D eigenvalue weighted by Gasteiger charge is 2.37. The highest BCUT2D eigenvalue weighted by Crippen LogP contribution is 2.34. The predicted molar refractivity (Wildman–Crippen MR) is 125 cm³/mol. The number of aromatic nitrogens is 1. The summed E-state index contributed by atoms with van der Waals surface area (Å²) >= 11 is 0.834. The van der Waals surface area contributed by atoms with Crippen LogP contribution in [0, 0.1) is 24.0 Å². The lowest BCUT2D eigenvalue weighted by Crippen LogP contribution is -2.44. The number of hydrogen-bond acceptors (Lipinski definition) is 6. The van der Waals surface area contributed by atoms with E-state index < -0.39 is 16.1 Å². The number of piperidine rings is 1. The van der Waals surface area contributed by atoms with Crippen LogP contribution in [0.5, 0.6) is 0 Å². The summed E-state index contributed by atoms with van der Waals surface area (Å²) < 4.78 is 1.93. The molecule has 0 N–H and O–H groups in total. The maximum Gasteiger partial charge on any atom is 0.294 e. The van der Waals surface area contributed by atoms with Crippen molar-refractivity contribution in [2.75, 3.05) is 19.6 Å². The summed E-state index contributed by atoms with van der Waals surface area (Å²) in [6, 6.07) is 8.12. The zero-order valence-corrected chi connectivity index (χ0v) is 19.3. The molecule has 1 aromatic heterocycles. The fourth-order valence-electron chi connectivity index (χ4n) is 4.21. The van der Waals surface area contributed by atoms with E-state index in [9.17, 15) is 24.5 Å². The van der Waals surface area contributed by atoms with Gasteiger partial charge in [-0.15, -0.1) is 0 Å². The minimum absolute atomic E-state index is 0.00853. The van der Waals surface area contributed by atoms with Crippen molar-refractivity contribution in [2.45, 2.75) is 33.1 Å². The molecule has 33 heavy (non-hydrogen) atoms. The van der Waals surface area contributed by atoms with Gasteiger partial charge in [-0.2, -0.15) is 0 Å². The van der Waals surface area contributed by atoms with Crippen molar-refractivity contribution in [1.29, 1.82) is 0 Å². The molecule has 0 bridgehead atoms. The van der Waals surface area contributed by atoms with E-state index in [0.717, 1.165) is 58.6 Å². The highest BCUT2D eigenvalue weighted by atomic mass is 32.2. The van der Waals surface area contributed by atoms with Gasteiger partial charge in [0.25, 0.3) is 16.8 Å². The monoisotopic (exact) mass is 468 g/mol. The Balaban J connectivity index is 1.55. The Bertz CT molecular complexity index is 1160. The molecule has 0 aliphatic carbocycles. The number of nitrogens with zero attached hydrogens (tertiary/aromatic N) is 4. The number of benzene rings is 1. The molecule has 2 fully saturated rings. The third-order valence-electron chi connectivity index (χ3n) is 5.95. The third kappa shape index (κ3) is 4.56. The molecule has 9 nitrogen and oxygen atoms in total. The molecule has 4 rings (SSSR count). The molecule has 2 aromatic rings. The van der Waals surface area contributed by atoms with Gasteiger partial charge in [0.05, 0.1) is 9.83 Å². The molecular formula is C23H24N4O5S. The second-order valence-electron chi connectivity index (χ2n) is 8.14. The van der Waals surface area contributed by atoms with E-state index >= 15 is 0 Å². The van der Waals surface area contributed by atoms with Crippen LogP contribution in [0.4, 0.5) is 10.5 Å². The normalized spacial score (nSPS) is 17.8. The Morgan fingerprint density at radius 2 is 1.79 bits per heavy atom. The number of nitro groups is 1. The fourth-order valence-corrected chi connectivity index (χ4v) is 5.04. The first-order chi connectivity index (χ1) is 15.8. The summed E-state index contributed by atoms with van der Waals surface area (Å²) in [7, 11) is 0. The first kappa shape index (κ1) is 22.8. The van der Waals surface area contributed by atoms with E-state index in [1.807, 2.05) is 24.5 Å². The summed E-state index contributed by atoms with van der Waals surface area (Å²) in [5, 5.41) is 10.5. The molecule has 2 aliphatic heterocycles. The Kier molecular flexibility index (Phi) is 6.37. The largest absolute Gasteiger partial charge is 0.341 e. The average molecular weight is 469 g/mol. The zero-order valence-electron chi connectivity index (χ0n) is 18.4. The second kappa shape index (κ2) is 9.22. The van der Waals surface area contributed by atoms with Crippen molar-refractivity contribution >= 4 is 40.6 Å². The molecule has 1 aromatic carbocycles. The third-order valence-corrected chi connectivity index (χ3v) is 6.86. The molecule has 0 saturated carbocycles. The fraction of sp³-hybridized carbons (Fsp3) is 0.348. The Morgan fingerprint density at radius 1 is 1.12 bits per heavy atom. The molecule has 172 valence electrons. The predicted octanol–water partition coefficient (Wildman–Crippen LogP) is 4.05. The zero-order chi connectivity index (χ0) is 23.7. The van der Waals surface area contributed by atoms with Gasteiger partial charge in [0.2, 0.25) is 5.91 Å². The van der Waals surface area contributed by atoms with E-state index in [4.69, 9.17) is 0 Å². The number of carbonyl (C=O) groups excluding carboxylic acids is 3. The van der Waals surface area contributed by atoms with E-state index in [1.54, 1.807) is 23.1 Å². The van der Waals surface area contributed by atoms with Crippen LogP contribution >= 0.6 is 11.8 Å². The number of thioether (sulfide) groups is 1. The maximum atomic E-state index is 12.9. The molecule has 2 saturated heterocycles. The van der Waals surface area contributed by atoms with Gasteiger partial charge < -0.3 is 9.47 Å². The molecular weight excluding hydrogens is 444 g/mol. The van der Waals surface area contributed by atoms with Crippen molar-refractivity contribution in [2.24, 2.45) is 0 Å². The number of amides is 3. The number of aryl methyl sites for hydroxylation is 1. The lowest BCUT2D eigenvalue weighted by atomic mass is 10.1. The highest BCUT2D eigenvalue weighted by molar-refractivity contribution is 8.18. The standard InChI is InChI=1S/C23H24N4O5S/c1-15-12-17(16(2)26(15)18-6-8-19(9-7-18)27(31)32)13-20-22(29)25(23(30)33-20)14-21(28)24-10-4-3-5-11-24/h6-9,12-13H,3-5,10-11,14H2,1-2H3/b20-13-. The summed E-state index contributed by atoms with van der Waals surface area (Å²) in [6.45, 7) is 4.88. The summed E-state index contributed by atoms with van der Waals surface area (Å²) in [4.78, 5) is 51.4. The Hall–Kier alpha value is -3.40. The smallest absolute Gasteiger partial charge is 0.294 e. The molecule has 0 unspecified atom stereocenters. The number of carbonyl (C=O) groups is 3. The number of imide groups is 1. The van der Waals surface area contributed by atoms with Gasteiger partial charge in [0.15, 0.2) is 0 Å². The number of likely N-dealkylation sites (tertiary alicyclic amines) is 1. The first-order valence-electron chi connectivity index (χ1n) is 10.7. The van der Waals surface area contributed by atoms with Crippen molar-refractivity contribution in [3.63, 3.8) is 0 Å².